The number of carbonyl (C=O) groups is 1. The van der Waals surface area contributed by atoms with Crippen LogP contribution < -0.4 is 11.1 Å². The van der Waals surface area contributed by atoms with E-state index in [-0.39, 0.29) is 12.5 Å². The highest BCUT2D eigenvalue weighted by molar-refractivity contribution is 5.78. The second kappa shape index (κ2) is 7.13. The Kier molecular flexibility index (Phi) is 5.82. The summed E-state index contributed by atoms with van der Waals surface area (Å²) >= 11 is 0. The minimum absolute atomic E-state index is 0.0796. The van der Waals surface area contributed by atoms with Crippen molar-refractivity contribution in [3.63, 3.8) is 0 Å². The number of hydrogen-bond donors (Lipinski definition) is 2. The Labute approximate surface area is 109 Å². The predicted octanol–water partition coefficient (Wildman–Crippen LogP) is 1.40. The average molecular weight is 250 g/mol. The first-order chi connectivity index (χ1) is 8.62. The first-order valence-corrected chi connectivity index (χ1v) is 6.26. The fraction of sp³-hybridized carbons (Fsp3) is 0.500. The van der Waals surface area contributed by atoms with Crippen LogP contribution in [0.3, 0.4) is 0 Å². The lowest BCUT2D eigenvalue weighted by Crippen LogP contribution is -2.49. The van der Waals surface area contributed by atoms with Gasteiger partial charge in [0.25, 0.3) is 0 Å². The van der Waals surface area contributed by atoms with Gasteiger partial charge in [-0.15, -0.1) is 0 Å². The first-order valence-electron chi connectivity index (χ1n) is 6.26. The van der Waals surface area contributed by atoms with E-state index in [4.69, 9.17) is 10.5 Å². The summed E-state index contributed by atoms with van der Waals surface area (Å²) in [6, 6.07) is 9.72. The minimum Gasteiger partial charge on any atom is -0.372 e. The molecule has 1 unspecified atom stereocenters. The molecule has 1 aromatic carbocycles. The van der Waals surface area contributed by atoms with Gasteiger partial charge in [0.05, 0.1) is 5.54 Å². The number of amides is 1. The van der Waals surface area contributed by atoms with Crippen molar-refractivity contribution in [1.29, 1.82) is 0 Å². The van der Waals surface area contributed by atoms with Crippen molar-refractivity contribution in [1.82, 2.24) is 5.32 Å². The summed E-state index contributed by atoms with van der Waals surface area (Å²) in [5, 5.41) is 2.93. The average Bonchev–Trinajstić information content (AvgIpc) is 2.40. The van der Waals surface area contributed by atoms with E-state index < -0.39 is 5.54 Å². The topological polar surface area (TPSA) is 64.3 Å². The largest absolute Gasteiger partial charge is 0.372 e. The van der Waals surface area contributed by atoms with Crippen LogP contribution in [0.15, 0.2) is 30.3 Å². The number of carbonyl (C=O) groups excluding carboxylic acids is 1. The van der Waals surface area contributed by atoms with Gasteiger partial charge in [-0.3, -0.25) is 4.79 Å². The summed E-state index contributed by atoms with van der Waals surface area (Å²) in [6.07, 6.45) is 0.903. The molecule has 1 amide bonds. The van der Waals surface area contributed by atoms with Crippen LogP contribution >= 0.6 is 0 Å². The van der Waals surface area contributed by atoms with E-state index in [1.807, 2.05) is 44.2 Å². The van der Waals surface area contributed by atoms with Gasteiger partial charge in [-0.25, -0.2) is 0 Å². The van der Waals surface area contributed by atoms with E-state index in [9.17, 15) is 4.79 Å². The van der Waals surface area contributed by atoms with Crippen molar-refractivity contribution < 1.29 is 9.53 Å². The monoisotopic (exact) mass is 250 g/mol. The minimum atomic E-state index is -0.548. The Hall–Kier alpha value is -1.39. The van der Waals surface area contributed by atoms with Crippen LogP contribution in [-0.4, -0.2) is 25.7 Å². The highest BCUT2D eigenvalue weighted by Crippen LogP contribution is 2.18. The predicted molar refractivity (Wildman–Crippen MR) is 72.1 cm³/mol. The summed E-state index contributed by atoms with van der Waals surface area (Å²) in [5.74, 6) is -0.139. The zero-order valence-corrected chi connectivity index (χ0v) is 11.1. The third-order valence-electron chi connectivity index (χ3n) is 2.82. The number of benzene rings is 1. The Bertz CT molecular complexity index is 367. The fourth-order valence-corrected chi connectivity index (χ4v) is 1.70. The van der Waals surface area contributed by atoms with Crippen molar-refractivity contribution in [2.45, 2.75) is 25.8 Å². The van der Waals surface area contributed by atoms with Crippen LogP contribution in [0.2, 0.25) is 0 Å². The summed E-state index contributed by atoms with van der Waals surface area (Å²) in [6.45, 7) is 4.94. The molecule has 0 heterocycles. The van der Waals surface area contributed by atoms with Gasteiger partial charge in [0.2, 0.25) is 5.91 Å². The highest BCUT2D eigenvalue weighted by Gasteiger charge is 2.26. The molecule has 0 aliphatic heterocycles. The number of rotatable bonds is 7. The zero-order valence-electron chi connectivity index (χ0n) is 11.1. The first kappa shape index (κ1) is 14.7. The molecule has 18 heavy (non-hydrogen) atoms. The van der Waals surface area contributed by atoms with E-state index >= 15 is 0 Å². The molecule has 1 atom stereocenters. The number of nitrogens with two attached hydrogens (primary N) is 1. The molecule has 3 N–H and O–H groups in total. The lowest BCUT2D eigenvalue weighted by atomic mass is 9.92. The molecule has 0 saturated heterocycles. The molecule has 0 radical (unpaired) electrons. The van der Waals surface area contributed by atoms with Gasteiger partial charge in [-0.2, -0.15) is 0 Å². The van der Waals surface area contributed by atoms with Crippen molar-refractivity contribution >= 4 is 5.91 Å². The van der Waals surface area contributed by atoms with Crippen LogP contribution in [0.4, 0.5) is 0 Å². The summed E-state index contributed by atoms with van der Waals surface area (Å²) in [5.41, 5.74) is 6.24. The van der Waals surface area contributed by atoms with Crippen molar-refractivity contribution in [3.05, 3.63) is 35.9 Å². The highest BCUT2D eigenvalue weighted by atomic mass is 16.5. The van der Waals surface area contributed by atoms with Crippen LogP contribution in [0, 0.1) is 0 Å². The van der Waals surface area contributed by atoms with Gasteiger partial charge in [-0.1, -0.05) is 37.3 Å². The van der Waals surface area contributed by atoms with Crippen LogP contribution in [0.5, 0.6) is 0 Å². The van der Waals surface area contributed by atoms with Gasteiger partial charge in [0.1, 0.15) is 6.61 Å². The quantitative estimate of drug-likeness (QED) is 0.719. The maximum atomic E-state index is 11.8. The van der Waals surface area contributed by atoms with Crippen LogP contribution in [-0.2, 0) is 15.1 Å². The van der Waals surface area contributed by atoms with Crippen LogP contribution in [0.1, 0.15) is 25.8 Å². The van der Waals surface area contributed by atoms with Crippen molar-refractivity contribution in [2.75, 3.05) is 19.8 Å². The molecule has 0 saturated carbocycles. The maximum Gasteiger partial charge on any atom is 0.246 e. The number of hydrogen-bond acceptors (Lipinski definition) is 3. The van der Waals surface area contributed by atoms with E-state index in [2.05, 4.69) is 5.32 Å². The lowest BCUT2D eigenvalue weighted by molar-refractivity contribution is -0.127. The summed E-state index contributed by atoms with van der Waals surface area (Å²) in [4.78, 5) is 11.8. The molecule has 0 aliphatic rings. The second-order valence-corrected chi connectivity index (χ2v) is 4.50. The molecule has 0 aromatic heterocycles. The van der Waals surface area contributed by atoms with Gasteiger partial charge in [0.15, 0.2) is 0 Å². The summed E-state index contributed by atoms with van der Waals surface area (Å²) in [7, 11) is 0. The van der Waals surface area contributed by atoms with Gasteiger partial charge >= 0.3 is 0 Å². The molecular formula is C14H22N2O2. The normalized spacial score (nSPS) is 13.9. The molecule has 0 spiro atoms. The third kappa shape index (κ3) is 4.13. The number of nitrogens with one attached hydrogen (secondary N) is 1. The van der Waals surface area contributed by atoms with Crippen molar-refractivity contribution in [2.24, 2.45) is 5.73 Å². The lowest BCUT2D eigenvalue weighted by Gasteiger charge is -2.30. The second-order valence-electron chi connectivity index (χ2n) is 4.50. The molecule has 4 heteroatoms. The third-order valence-corrected chi connectivity index (χ3v) is 2.82. The molecular weight excluding hydrogens is 228 g/mol. The molecule has 1 rings (SSSR count). The van der Waals surface area contributed by atoms with Gasteiger partial charge < -0.3 is 15.8 Å². The zero-order chi connectivity index (χ0) is 13.4. The molecule has 4 nitrogen and oxygen atoms in total. The maximum absolute atomic E-state index is 11.8. The van der Waals surface area contributed by atoms with Gasteiger partial charge in [0, 0.05) is 13.2 Å². The summed E-state index contributed by atoms with van der Waals surface area (Å²) < 4.78 is 5.22. The molecule has 1 aromatic rings. The molecule has 0 aliphatic carbocycles. The Morgan fingerprint density at radius 2 is 2.06 bits per heavy atom. The van der Waals surface area contributed by atoms with Gasteiger partial charge in [-0.05, 0) is 18.9 Å². The SMILES string of the molecule is CCCOCC(=O)NC(C)(CN)c1ccccc1. The Balaban J connectivity index is 2.63. The fourth-order valence-electron chi connectivity index (χ4n) is 1.70. The van der Waals surface area contributed by atoms with E-state index in [0.717, 1.165) is 12.0 Å². The van der Waals surface area contributed by atoms with E-state index in [1.165, 1.54) is 0 Å². The standard InChI is InChI=1S/C14H22N2O2/c1-3-9-18-10-13(17)16-14(2,11-15)12-7-5-4-6-8-12/h4-8H,3,9-11,15H2,1-2H3,(H,16,17). The molecule has 0 bridgehead atoms. The molecule has 100 valence electrons. The smallest absolute Gasteiger partial charge is 0.246 e. The van der Waals surface area contributed by atoms with E-state index in [0.29, 0.717) is 13.2 Å². The van der Waals surface area contributed by atoms with Crippen LogP contribution in [0.25, 0.3) is 0 Å². The Morgan fingerprint density at radius 3 is 2.61 bits per heavy atom. The Morgan fingerprint density at radius 1 is 1.39 bits per heavy atom. The van der Waals surface area contributed by atoms with Crippen molar-refractivity contribution in [3.8, 4) is 0 Å². The van der Waals surface area contributed by atoms with E-state index in [1.54, 1.807) is 0 Å². The number of ether oxygens (including phenoxy) is 1. The molecule has 0 fully saturated rings.